The molecule has 0 spiro atoms. The van der Waals surface area contributed by atoms with Crippen LogP contribution in [0.25, 0.3) is 6.08 Å². The van der Waals surface area contributed by atoms with Crippen LogP contribution in [-0.4, -0.2) is 78.7 Å². The zero-order valence-electron chi connectivity index (χ0n) is 24.7. The van der Waals surface area contributed by atoms with Crippen LogP contribution in [0.15, 0.2) is 77.7 Å². The SMILES string of the molecule is CCOc1cc(/C=C2\SC(=O)N(CC(=O)N3CCN(c4ccccc4)CC3)C2=O)ccc1OCC(=O)Nc1ccc(C)cc1. The Labute approximate surface area is 260 Å². The second-order valence-corrected chi connectivity index (χ2v) is 11.3. The highest BCUT2D eigenvalue weighted by Gasteiger charge is 2.37. The molecule has 0 bridgehead atoms. The van der Waals surface area contributed by atoms with E-state index < -0.39 is 11.1 Å². The number of thioether (sulfide) groups is 1. The topological polar surface area (TPSA) is 108 Å². The highest BCUT2D eigenvalue weighted by Crippen LogP contribution is 2.35. The van der Waals surface area contributed by atoms with Gasteiger partial charge < -0.3 is 24.6 Å². The monoisotopic (exact) mass is 614 g/mol. The van der Waals surface area contributed by atoms with Crippen molar-refractivity contribution in [1.82, 2.24) is 9.80 Å². The normalized spacial score (nSPS) is 16.0. The third kappa shape index (κ3) is 7.59. The van der Waals surface area contributed by atoms with Crippen LogP contribution in [-0.2, 0) is 14.4 Å². The molecule has 0 radical (unpaired) electrons. The van der Waals surface area contributed by atoms with Crippen LogP contribution in [0.4, 0.5) is 16.2 Å². The highest BCUT2D eigenvalue weighted by atomic mass is 32.2. The van der Waals surface area contributed by atoms with Gasteiger partial charge in [0, 0.05) is 37.6 Å². The molecule has 5 rings (SSSR count). The first kappa shape index (κ1) is 30.7. The number of hydrogen-bond donors (Lipinski definition) is 1. The van der Waals surface area contributed by atoms with Crippen molar-refractivity contribution in [3.8, 4) is 11.5 Å². The number of benzene rings is 3. The standard InChI is InChI=1S/C33H34N4O6S/c1-3-42-28-19-24(11-14-27(28)43-22-30(38)34-25-12-9-23(2)10-13-25)20-29-32(40)37(33(41)44-29)21-31(39)36-17-15-35(16-18-36)26-7-5-4-6-8-26/h4-14,19-20H,3,15-18,21-22H2,1-2H3,(H,34,38)/b29-20-. The number of amides is 4. The van der Waals surface area contributed by atoms with E-state index in [0.717, 1.165) is 27.9 Å². The number of rotatable bonds is 10. The molecule has 4 amide bonds. The lowest BCUT2D eigenvalue weighted by Crippen LogP contribution is -2.51. The minimum atomic E-state index is -0.512. The van der Waals surface area contributed by atoms with Crippen molar-refractivity contribution in [2.45, 2.75) is 13.8 Å². The number of nitrogens with one attached hydrogen (secondary N) is 1. The third-order valence-corrected chi connectivity index (χ3v) is 8.09. The fourth-order valence-electron chi connectivity index (χ4n) is 4.86. The largest absolute Gasteiger partial charge is 0.490 e. The van der Waals surface area contributed by atoms with Gasteiger partial charge in [-0.3, -0.25) is 24.1 Å². The number of carbonyl (C=O) groups is 4. The summed E-state index contributed by atoms with van der Waals surface area (Å²) in [6, 6.07) is 22.5. The molecular weight excluding hydrogens is 580 g/mol. The molecule has 0 atom stereocenters. The molecule has 44 heavy (non-hydrogen) atoms. The second kappa shape index (κ2) is 14.1. The Hall–Kier alpha value is -4.77. The first-order chi connectivity index (χ1) is 21.3. The summed E-state index contributed by atoms with van der Waals surface area (Å²) >= 11 is 0.797. The lowest BCUT2D eigenvalue weighted by Gasteiger charge is -2.36. The van der Waals surface area contributed by atoms with Crippen molar-refractivity contribution in [2.24, 2.45) is 0 Å². The van der Waals surface area contributed by atoms with Gasteiger partial charge in [-0.15, -0.1) is 0 Å². The molecule has 0 saturated carbocycles. The van der Waals surface area contributed by atoms with Crippen LogP contribution in [0.2, 0.25) is 0 Å². The van der Waals surface area contributed by atoms with E-state index >= 15 is 0 Å². The van der Waals surface area contributed by atoms with Gasteiger partial charge in [-0.1, -0.05) is 42.0 Å². The lowest BCUT2D eigenvalue weighted by molar-refractivity contribution is -0.136. The van der Waals surface area contributed by atoms with Gasteiger partial charge in [0.1, 0.15) is 6.54 Å². The number of para-hydroxylation sites is 1. The van der Waals surface area contributed by atoms with Crippen molar-refractivity contribution in [2.75, 3.05) is 56.2 Å². The summed E-state index contributed by atoms with van der Waals surface area (Å²) < 4.78 is 11.4. The minimum absolute atomic E-state index is 0.213. The van der Waals surface area contributed by atoms with Crippen LogP contribution in [0.3, 0.4) is 0 Å². The molecule has 228 valence electrons. The Balaban J connectivity index is 1.18. The van der Waals surface area contributed by atoms with E-state index in [1.54, 1.807) is 29.2 Å². The fraction of sp³-hybridized carbons (Fsp3) is 0.273. The summed E-state index contributed by atoms with van der Waals surface area (Å²) in [5.74, 6) is -0.320. The molecule has 10 nitrogen and oxygen atoms in total. The van der Waals surface area contributed by atoms with Gasteiger partial charge in [0.25, 0.3) is 17.1 Å². The predicted molar refractivity (Wildman–Crippen MR) is 171 cm³/mol. The van der Waals surface area contributed by atoms with Crippen LogP contribution in [0.5, 0.6) is 11.5 Å². The summed E-state index contributed by atoms with van der Waals surface area (Å²) in [5, 5.41) is 2.30. The fourth-order valence-corrected chi connectivity index (χ4v) is 5.69. The average molecular weight is 615 g/mol. The van der Waals surface area contributed by atoms with Crippen LogP contribution >= 0.6 is 11.8 Å². The molecule has 2 saturated heterocycles. The summed E-state index contributed by atoms with van der Waals surface area (Å²) in [6.45, 7) is 6.02. The summed E-state index contributed by atoms with van der Waals surface area (Å²) in [6.07, 6.45) is 1.59. The highest BCUT2D eigenvalue weighted by molar-refractivity contribution is 8.18. The number of piperazine rings is 1. The third-order valence-electron chi connectivity index (χ3n) is 7.18. The van der Waals surface area contributed by atoms with E-state index in [4.69, 9.17) is 9.47 Å². The number of anilines is 2. The van der Waals surface area contributed by atoms with E-state index in [1.165, 1.54) is 0 Å². The zero-order valence-corrected chi connectivity index (χ0v) is 25.5. The van der Waals surface area contributed by atoms with Crippen molar-refractivity contribution in [1.29, 1.82) is 0 Å². The van der Waals surface area contributed by atoms with Gasteiger partial charge in [-0.05, 0) is 73.6 Å². The number of imide groups is 1. The number of ether oxygens (including phenoxy) is 2. The van der Waals surface area contributed by atoms with Crippen molar-refractivity contribution >= 4 is 52.2 Å². The van der Waals surface area contributed by atoms with Gasteiger partial charge in [0.15, 0.2) is 18.1 Å². The number of nitrogens with zero attached hydrogens (tertiary/aromatic N) is 3. The van der Waals surface area contributed by atoms with Crippen molar-refractivity contribution in [3.05, 3.63) is 88.8 Å². The quantitative estimate of drug-likeness (QED) is 0.325. The van der Waals surface area contributed by atoms with E-state index in [0.29, 0.717) is 55.5 Å². The van der Waals surface area contributed by atoms with Gasteiger partial charge in [0.05, 0.1) is 11.5 Å². The molecule has 1 N–H and O–H groups in total. The van der Waals surface area contributed by atoms with Crippen LogP contribution in [0, 0.1) is 6.92 Å². The molecule has 3 aromatic rings. The Morgan fingerprint density at radius 2 is 1.64 bits per heavy atom. The van der Waals surface area contributed by atoms with E-state index in [9.17, 15) is 19.2 Å². The molecular formula is C33H34N4O6S. The molecule has 0 aliphatic carbocycles. The lowest BCUT2D eigenvalue weighted by atomic mass is 10.2. The summed E-state index contributed by atoms with van der Waals surface area (Å²) in [4.78, 5) is 56.4. The van der Waals surface area contributed by atoms with Gasteiger partial charge in [-0.2, -0.15) is 0 Å². The Morgan fingerprint density at radius 1 is 0.909 bits per heavy atom. The smallest absolute Gasteiger partial charge is 0.294 e. The molecule has 0 aromatic heterocycles. The van der Waals surface area contributed by atoms with Gasteiger partial charge in [-0.25, -0.2) is 0 Å². The molecule has 11 heteroatoms. The Kier molecular flexibility index (Phi) is 9.86. The maximum Gasteiger partial charge on any atom is 0.294 e. The van der Waals surface area contributed by atoms with E-state index in [1.807, 2.05) is 68.4 Å². The first-order valence-electron chi connectivity index (χ1n) is 14.4. The number of aryl methyl sites for hydroxylation is 1. The average Bonchev–Trinajstić information content (AvgIpc) is 3.29. The van der Waals surface area contributed by atoms with E-state index in [-0.39, 0.29) is 29.9 Å². The summed E-state index contributed by atoms with van der Waals surface area (Å²) in [7, 11) is 0. The number of carbonyl (C=O) groups excluding carboxylic acids is 4. The Morgan fingerprint density at radius 3 is 2.34 bits per heavy atom. The molecule has 2 aliphatic rings. The first-order valence-corrected chi connectivity index (χ1v) is 15.2. The van der Waals surface area contributed by atoms with Gasteiger partial charge in [0.2, 0.25) is 5.91 Å². The molecule has 2 fully saturated rings. The predicted octanol–water partition coefficient (Wildman–Crippen LogP) is 4.80. The number of hydrogen-bond acceptors (Lipinski definition) is 8. The Bertz CT molecular complexity index is 1550. The maximum atomic E-state index is 13.1. The van der Waals surface area contributed by atoms with Gasteiger partial charge >= 0.3 is 0 Å². The summed E-state index contributed by atoms with van der Waals surface area (Å²) in [5.41, 5.74) is 3.48. The molecule has 2 heterocycles. The molecule has 0 unspecified atom stereocenters. The van der Waals surface area contributed by atoms with Crippen LogP contribution in [0.1, 0.15) is 18.1 Å². The van der Waals surface area contributed by atoms with E-state index in [2.05, 4.69) is 10.2 Å². The van der Waals surface area contributed by atoms with Crippen molar-refractivity contribution < 1.29 is 28.7 Å². The minimum Gasteiger partial charge on any atom is -0.490 e. The maximum absolute atomic E-state index is 13.1. The van der Waals surface area contributed by atoms with Crippen molar-refractivity contribution in [3.63, 3.8) is 0 Å². The second-order valence-electron chi connectivity index (χ2n) is 10.3. The molecule has 2 aliphatic heterocycles. The molecule has 3 aromatic carbocycles. The van der Waals surface area contributed by atoms with Crippen LogP contribution < -0.4 is 19.7 Å². The zero-order chi connectivity index (χ0) is 31.1.